The van der Waals surface area contributed by atoms with E-state index in [-0.39, 0.29) is 28.8 Å². The van der Waals surface area contributed by atoms with Crippen molar-refractivity contribution in [1.29, 1.82) is 0 Å². The van der Waals surface area contributed by atoms with Crippen molar-refractivity contribution >= 4 is 23.5 Å². The average Bonchev–Trinajstić information content (AvgIpc) is 2.59. The maximum absolute atomic E-state index is 12.0. The van der Waals surface area contributed by atoms with E-state index in [0.29, 0.717) is 5.75 Å². The number of rotatable bonds is 6. The lowest BCUT2D eigenvalue weighted by Crippen LogP contribution is -2.21. The van der Waals surface area contributed by atoms with Crippen LogP contribution in [0.2, 0.25) is 0 Å². The van der Waals surface area contributed by atoms with Crippen molar-refractivity contribution < 1.29 is 29.3 Å². The van der Waals surface area contributed by atoms with Crippen molar-refractivity contribution in [3.05, 3.63) is 59.2 Å². The van der Waals surface area contributed by atoms with Crippen LogP contribution >= 0.6 is 0 Å². The number of nitrogens with one attached hydrogen (secondary N) is 1. The standard InChI is InChI=1S/C20H21NO6/c1-20(2,3)14-4-6-16(7-5-14)27-11-17(22)21-15-9-12(18(23)24)8-13(10-15)19(25)26/h4-10H,11H2,1-3H3,(H,21,22)(H,23,24)(H,25,26). The van der Waals surface area contributed by atoms with E-state index in [1.165, 1.54) is 12.1 Å². The molecule has 142 valence electrons. The molecule has 0 aliphatic heterocycles. The number of ether oxygens (including phenoxy) is 1. The van der Waals surface area contributed by atoms with Crippen molar-refractivity contribution in [3.8, 4) is 5.75 Å². The Balaban J connectivity index is 2.03. The van der Waals surface area contributed by atoms with Gasteiger partial charge in [-0.05, 0) is 41.3 Å². The van der Waals surface area contributed by atoms with Gasteiger partial charge in [-0.15, -0.1) is 0 Å². The molecule has 2 aromatic carbocycles. The smallest absolute Gasteiger partial charge is 0.335 e. The molecule has 0 bridgehead atoms. The number of carbonyl (C=O) groups excluding carboxylic acids is 1. The first-order chi connectivity index (χ1) is 12.6. The molecule has 3 N–H and O–H groups in total. The minimum absolute atomic E-state index is 0.00686. The monoisotopic (exact) mass is 371 g/mol. The maximum Gasteiger partial charge on any atom is 0.335 e. The molecule has 2 rings (SSSR count). The summed E-state index contributed by atoms with van der Waals surface area (Å²) in [4.78, 5) is 34.2. The van der Waals surface area contributed by atoms with Gasteiger partial charge in [0.1, 0.15) is 5.75 Å². The molecule has 1 amide bonds. The number of hydrogen-bond donors (Lipinski definition) is 3. The molecule has 0 heterocycles. The molecule has 7 heteroatoms. The predicted octanol–water partition coefficient (Wildman–Crippen LogP) is 3.40. The Kier molecular flexibility index (Phi) is 5.85. The first-order valence-electron chi connectivity index (χ1n) is 8.21. The molecule has 2 aromatic rings. The third-order valence-electron chi connectivity index (χ3n) is 3.80. The average molecular weight is 371 g/mol. The second kappa shape index (κ2) is 7.90. The van der Waals surface area contributed by atoms with Crippen LogP contribution in [0.15, 0.2) is 42.5 Å². The minimum Gasteiger partial charge on any atom is -0.484 e. The second-order valence-electron chi connectivity index (χ2n) is 7.02. The van der Waals surface area contributed by atoms with Crippen LogP contribution in [0.4, 0.5) is 5.69 Å². The number of amides is 1. The summed E-state index contributed by atoms with van der Waals surface area (Å²) in [6, 6.07) is 10.8. The Morgan fingerprint density at radius 3 is 1.89 bits per heavy atom. The summed E-state index contributed by atoms with van der Waals surface area (Å²) < 4.78 is 5.42. The van der Waals surface area contributed by atoms with E-state index in [1.54, 1.807) is 12.1 Å². The highest BCUT2D eigenvalue weighted by Gasteiger charge is 2.14. The van der Waals surface area contributed by atoms with E-state index in [1.807, 2.05) is 12.1 Å². The van der Waals surface area contributed by atoms with Crippen molar-refractivity contribution in [2.24, 2.45) is 0 Å². The van der Waals surface area contributed by atoms with Gasteiger partial charge < -0.3 is 20.3 Å². The lowest BCUT2D eigenvalue weighted by molar-refractivity contribution is -0.118. The molecule has 27 heavy (non-hydrogen) atoms. The second-order valence-corrected chi connectivity index (χ2v) is 7.02. The van der Waals surface area contributed by atoms with Crippen molar-refractivity contribution in [2.45, 2.75) is 26.2 Å². The van der Waals surface area contributed by atoms with Gasteiger partial charge in [0, 0.05) is 5.69 Å². The fourth-order valence-corrected chi connectivity index (χ4v) is 2.34. The number of carbonyl (C=O) groups is 3. The summed E-state index contributed by atoms with van der Waals surface area (Å²) in [5, 5.41) is 20.5. The van der Waals surface area contributed by atoms with Gasteiger partial charge in [0.2, 0.25) is 0 Å². The van der Waals surface area contributed by atoms with Gasteiger partial charge in [-0.2, -0.15) is 0 Å². The van der Waals surface area contributed by atoms with Gasteiger partial charge >= 0.3 is 11.9 Å². The highest BCUT2D eigenvalue weighted by atomic mass is 16.5. The molecular weight excluding hydrogens is 350 g/mol. The van der Waals surface area contributed by atoms with E-state index in [0.717, 1.165) is 11.6 Å². The van der Waals surface area contributed by atoms with Gasteiger partial charge in [-0.25, -0.2) is 9.59 Å². The molecule has 0 aromatic heterocycles. The molecule has 0 spiro atoms. The van der Waals surface area contributed by atoms with E-state index >= 15 is 0 Å². The predicted molar refractivity (Wildman–Crippen MR) is 99.6 cm³/mol. The zero-order valence-corrected chi connectivity index (χ0v) is 15.3. The van der Waals surface area contributed by atoms with Crippen LogP contribution in [-0.4, -0.2) is 34.7 Å². The Morgan fingerprint density at radius 1 is 0.926 bits per heavy atom. The SMILES string of the molecule is CC(C)(C)c1ccc(OCC(=O)Nc2cc(C(=O)O)cc(C(=O)O)c2)cc1. The summed E-state index contributed by atoms with van der Waals surface area (Å²) in [5.41, 5.74) is 0.746. The van der Waals surface area contributed by atoms with Gasteiger partial charge in [0.05, 0.1) is 11.1 Å². The third kappa shape index (κ3) is 5.57. The Morgan fingerprint density at radius 2 is 1.44 bits per heavy atom. The van der Waals surface area contributed by atoms with Crippen LogP contribution in [0, 0.1) is 0 Å². The van der Waals surface area contributed by atoms with Crippen molar-refractivity contribution in [2.75, 3.05) is 11.9 Å². The topological polar surface area (TPSA) is 113 Å². The highest BCUT2D eigenvalue weighted by molar-refractivity contribution is 5.98. The van der Waals surface area contributed by atoms with Crippen molar-refractivity contribution in [3.63, 3.8) is 0 Å². The van der Waals surface area contributed by atoms with Gasteiger partial charge in [-0.1, -0.05) is 32.9 Å². The van der Waals surface area contributed by atoms with Crippen molar-refractivity contribution in [1.82, 2.24) is 0 Å². The molecule has 0 saturated carbocycles. The quantitative estimate of drug-likeness (QED) is 0.717. The first-order valence-corrected chi connectivity index (χ1v) is 8.21. The van der Waals surface area contributed by atoms with E-state index < -0.39 is 17.8 Å². The number of carboxylic acid groups (broad SMARTS) is 2. The summed E-state index contributed by atoms with van der Waals surface area (Å²) in [6.45, 7) is 5.97. The number of carboxylic acids is 2. The van der Waals surface area contributed by atoms with E-state index in [4.69, 9.17) is 14.9 Å². The molecule has 0 radical (unpaired) electrons. The fourth-order valence-electron chi connectivity index (χ4n) is 2.34. The normalized spacial score (nSPS) is 10.9. The molecule has 0 fully saturated rings. The van der Waals surface area contributed by atoms with E-state index in [2.05, 4.69) is 26.1 Å². The lowest BCUT2D eigenvalue weighted by Gasteiger charge is -2.19. The van der Waals surface area contributed by atoms with Gasteiger partial charge in [0.15, 0.2) is 6.61 Å². The fraction of sp³-hybridized carbons (Fsp3) is 0.250. The number of anilines is 1. The lowest BCUT2D eigenvalue weighted by atomic mass is 9.87. The Hall–Kier alpha value is -3.35. The number of hydrogen-bond acceptors (Lipinski definition) is 4. The summed E-state index contributed by atoms with van der Waals surface area (Å²) in [7, 11) is 0. The van der Waals surface area contributed by atoms with Crippen LogP contribution in [0.5, 0.6) is 5.75 Å². The third-order valence-corrected chi connectivity index (χ3v) is 3.80. The molecule has 0 atom stereocenters. The first kappa shape index (κ1) is 20.0. The summed E-state index contributed by atoms with van der Waals surface area (Å²) in [5.74, 6) is -2.59. The molecule has 0 saturated heterocycles. The molecule has 0 unspecified atom stereocenters. The largest absolute Gasteiger partial charge is 0.484 e. The van der Waals surface area contributed by atoms with Crippen LogP contribution in [0.3, 0.4) is 0 Å². The molecular formula is C20H21NO6. The minimum atomic E-state index is -1.29. The summed E-state index contributed by atoms with van der Waals surface area (Å²) in [6.07, 6.45) is 0. The van der Waals surface area contributed by atoms with Crippen LogP contribution < -0.4 is 10.1 Å². The zero-order valence-electron chi connectivity index (χ0n) is 15.3. The zero-order chi connectivity index (χ0) is 20.2. The molecule has 0 aliphatic rings. The van der Waals surface area contributed by atoms with Crippen LogP contribution in [-0.2, 0) is 10.2 Å². The highest BCUT2D eigenvalue weighted by Crippen LogP contribution is 2.24. The number of benzene rings is 2. The summed E-state index contributed by atoms with van der Waals surface area (Å²) >= 11 is 0. The number of aromatic carboxylic acids is 2. The Labute approximate surface area is 156 Å². The van der Waals surface area contributed by atoms with Crippen LogP contribution in [0.1, 0.15) is 47.1 Å². The molecule has 7 nitrogen and oxygen atoms in total. The van der Waals surface area contributed by atoms with Gasteiger partial charge in [-0.3, -0.25) is 4.79 Å². The van der Waals surface area contributed by atoms with Gasteiger partial charge in [0.25, 0.3) is 5.91 Å². The van der Waals surface area contributed by atoms with E-state index in [9.17, 15) is 14.4 Å². The molecule has 0 aliphatic carbocycles. The maximum atomic E-state index is 12.0. The van der Waals surface area contributed by atoms with Crippen LogP contribution in [0.25, 0.3) is 0 Å². The Bertz CT molecular complexity index is 833.